The number of hydrogen-bond acceptors (Lipinski definition) is 3. The van der Waals surface area contributed by atoms with E-state index in [1.165, 1.54) is 12.1 Å². The number of carbonyl (C=O) groups is 1. The molecule has 0 radical (unpaired) electrons. The van der Waals surface area contributed by atoms with Crippen molar-refractivity contribution >= 4 is 5.78 Å². The van der Waals surface area contributed by atoms with E-state index in [0.29, 0.717) is 5.56 Å². The maximum Gasteiger partial charge on any atom is 0.166 e. The molecular formula is C25H32FN3O. The molecule has 1 aromatic carbocycles. The van der Waals surface area contributed by atoms with Gasteiger partial charge in [-0.3, -0.25) is 4.79 Å². The van der Waals surface area contributed by atoms with Crippen molar-refractivity contribution in [2.75, 3.05) is 19.6 Å². The van der Waals surface area contributed by atoms with Gasteiger partial charge in [0.1, 0.15) is 5.82 Å². The van der Waals surface area contributed by atoms with Crippen LogP contribution in [0.2, 0.25) is 0 Å². The standard InChI is InChI=1S/C25H32FN3O/c1-19(2)25(18-27,23-6-4-14-28(23)3)13-5-15-29-16-11-21(12-17-29)24(30)20-7-9-22(26)10-8-20/h4,6-10,14,19,21H,5,11-13,15-17H2,1-3H3. The Balaban J connectivity index is 1.53. The molecule has 1 saturated heterocycles. The first-order chi connectivity index (χ1) is 14.4. The number of Topliss-reactive ketones (excluding diaryl/α,β-unsaturated/α-hetero) is 1. The van der Waals surface area contributed by atoms with Crippen LogP contribution in [0.1, 0.15) is 55.6 Å². The minimum absolute atomic E-state index is 0.0175. The molecule has 1 aliphatic rings. The number of nitriles is 1. The highest BCUT2D eigenvalue weighted by Gasteiger charge is 2.37. The van der Waals surface area contributed by atoms with Crippen LogP contribution in [0.15, 0.2) is 42.6 Å². The largest absolute Gasteiger partial charge is 0.353 e. The second kappa shape index (κ2) is 9.57. The van der Waals surface area contributed by atoms with Crippen LogP contribution in [0.25, 0.3) is 0 Å². The number of piperidine rings is 1. The maximum atomic E-state index is 13.1. The second-order valence-electron chi connectivity index (χ2n) is 8.83. The summed E-state index contributed by atoms with van der Waals surface area (Å²) in [6.45, 7) is 6.98. The molecule has 1 aromatic heterocycles. The van der Waals surface area contributed by atoms with Crippen LogP contribution in [0, 0.1) is 29.0 Å². The van der Waals surface area contributed by atoms with E-state index in [0.717, 1.165) is 51.0 Å². The first-order valence-corrected chi connectivity index (χ1v) is 10.9. The number of ketones is 1. The van der Waals surface area contributed by atoms with Crippen molar-refractivity contribution in [3.63, 3.8) is 0 Å². The summed E-state index contributed by atoms with van der Waals surface area (Å²) in [5.41, 5.74) is 1.21. The Labute approximate surface area is 179 Å². The number of rotatable bonds is 8. The molecule has 1 fully saturated rings. The predicted octanol–water partition coefficient (Wildman–Crippen LogP) is 4.96. The summed E-state index contributed by atoms with van der Waals surface area (Å²) in [4.78, 5) is 15.1. The molecule has 2 heterocycles. The summed E-state index contributed by atoms with van der Waals surface area (Å²) < 4.78 is 15.2. The molecule has 0 N–H and O–H groups in total. The first-order valence-electron chi connectivity index (χ1n) is 10.9. The average molecular weight is 410 g/mol. The summed E-state index contributed by atoms with van der Waals surface area (Å²) in [5.74, 6) is 0.0623. The molecular weight excluding hydrogens is 377 g/mol. The van der Waals surface area contributed by atoms with Crippen molar-refractivity contribution in [1.29, 1.82) is 5.26 Å². The number of benzene rings is 1. The maximum absolute atomic E-state index is 13.1. The topological polar surface area (TPSA) is 49.0 Å². The van der Waals surface area contributed by atoms with Crippen LogP contribution in [-0.4, -0.2) is 34.9 Å². The Hall–Kier alpha value is -2.45. The number of hydrogen-bond donors (Lipinski definition) is 0. The summed E-state index contributed by atoms with van der Waals surface area (Å²) in [7, 11) is 2.01. The molecule has 2 aromatic rings. The summed E-state index contributed by atoms with van der Waals surface area (Å²) in [6.07, 6.45) is 5.46. The van der Waals surface area contributed by atoms with Crippen LogP contribution in [0.3, 0.4) is 0 Å². The smallest absolute Gasteiger partial charge is 0.166 e. The van der Waals surface area contributed by atoms with E-state index in [1.54, 1.807) is 12.1 Å². The number of aromatic nitrogens is 1. The van der Waals surface area contributed by atoms with E-state index in [2.05, 4.69) is 35.5 Å². The predicted molar refractivity (Wildman–Crippen MR) is 117 cm³/mol. The Bertz CT molecular complexity index is 888. The van der Waals surface area contributed by atoms with Gasteiger partial charge in [-0.15, -0.1) is 0 Å². The average Bonchev–Trinajstić information content (AvgIpc) is 3.18. The molecule has 1 unspecified atom stereocenters. The highest BCUT2D eigenvalue weighted by atomic mass is 19.1. The third kappa shape index (κ3) is 4.65. The monoisotopic (exact) mass is 409 g/mol. The van der Waals surface area contributed by atoms with Crippen LogP contribution >= 0.6 is 0 Å². The van der Waals surface area contributed by atoms with Gasteiger partial charge in [-0.2, -0.15) is 5.26 Å². The summed E-state index contributed by atoms with van der Waals surface area (Å²) >= 11 is 0. The fourth-order valence-corrected chi connectivity index (χ4v) is 4.73. The number of aryl methyl sites for hydroxylation is 1. The lowest BCUT2D eigenvalue weighted by Gasteiger charge is -2.34. The molecule has 5 heteroatoms. The Morgan fingerprint density at radius 1 is 1.23 bits per heavy atom. The molecule has 30 heavy (non-hydrogen) atoms. The van der Waals surface area contributed by atoms with Crippen molar-refractivity contribution in [1.82, 2.24) is 9.47 Å². The zero-order valence-electron chi connectivity index (χ0n) is 18.3. The van der Waals surface area contributed by atoms with Crippen molar-refractivity contribution < 1.29 is 9.18 Å². The van der Waals surface area contributed by atoms with Gasteiger partial charge in [-0.1, -0.05) is 13.8 Å². The number of carbonyl (C=O) groups excluding carboxylic acids is 1. The highest BCUT2D eigenvalue weighted by molar-refractivity contribution is 5.97. The fourth-order valence-electron chi connectivity index (χ4n) is 4.73. The minimum Gasteiger partial charge on any atom is -0.353 e. The van der Waals surface area contributed by atoms with Gasteiger partial charge in [0, 0.05) is 30.4 Å². The summed E-state index contributed by atoms with van der Waals surface area (Å²) in [6, 6.07) is 12.6. The van der Waals surface area contributed by atoms with Crippen LogP contribution in [0.4, 0.5) is 4.39 Å². The van der Waals surface area contributed by atoms with Crippen molar-refractivity contribution in [3.8, 4) is 6.07 Å². The lowest BCUT2D eigenvalue weighted by Crippen LogP contribution is -2.38. The van der Waals surface area contributed by atoms with E-state index in [-0.39, 0.29) is 23.4 Å². The first kappa shape index (κ1) is 22.2. The van der Waals surface area contributed by atoms with Gasteiger partial charge in [0.05, 0.1) is 11.5 Å². The Morgan fingerprint density at radius 3 is 2.43 bits per heavy atom. The highest BCUT2D eigenvalue weighted by Crippen LogP contribution is 2.36. The van der Waals surface area contributed by atoms with Crippen LogP contribution in [-0.2, 0) is 12.5 Å². The van der Waals surface area contributed by atoms with E-state index in [4.69, 9.17) is 0 Å². The van der Waals surface area contributed by atoms with Gasteiger partial charge in [0.25, 0.3) is 0 Å². The van der Waals surface area contributed by atoms with Gasteiger partial charge in [-0.25, -0.2) is 4.39 Å². The third-order valence-electron chi connectivity index (χ3n) is 6.72. The zero-order chi connectivity index (χ0) is 21.7. The van der Waals surface area contributed by atoms with Crippen molar-refractivity contribution in [2.24, 2.45) is 18.9 Å². The van der Waals surface area contributed by atoms with E-state index >= 15 is 0 Å². The van der Waals surface area contributed by atoms with Gasteiger partial charge in [-0.05, 0) is 87.6 Å². The van der Waals surface area contributed by atoms with Gasteiger partial charge < -0.3 is 9.47 Å². The SMILES string of the molecule is CC(C)C(C#N)(CCCN1CCC(C(=O)c2ccc(F)cc2)CC1)c1cccn1C. The van der Waals surface area contributed by atoms with Crippen molar-refractivity contribution in [3.05, 3.63) is 59.7 Å². The lowest BCUT2D eigenvalue weighted by atomic mass is 9.72. The molecule has 4 nitrogen and oxygen atoms in total. The van der Waals surface area contributed by atoms with E-state index in [1.807, 2.05) is 19.3 Å². The second-order valence-corrected chi connectivity index (χ2v) is 8.83. The molecule has 0 aliphatic carbocycles. The van der Waals surface area contributed by atoms with E-state index < -0.39 is 5.41 Å². The van der Waals surface area contributed by atoms with Crippen molar-refractivity contribution in [2.45, 2.75) is 44.9 Å². The third-order valence-corrected chi connectivity index (χ3v) is 6.72. The molecule has 160 valence electrons. The lowest BCUT2D eigenvalue weighted by molar-refractivity contribution is 0.0837. The molecule has 1 aliphatic heterocycles. The number of likely N-dealkylation sites (tertiary alicyclic amines) is 1. The molecule has 1 atom stereocenters. The number of halogens is 1. The van der Waals surface area contributed by atoms with Gasteiger partial charge in [0.15, 0.2) is 5.78 Å². The molecule has 0 bridgehead atoms. The Morgan fingerprint density at radius 2 is 1.90 bits per heavy atom. The van der Waals surface area contributed by atoms with Gasteiger partial charge in [0.2, 0.25) is 0 Å². The number of nitrogens with zero attached hydrogens (tertiary/aromatic N) is 3. The molecule has 0 amide bonds. The summed E-state index contributed by atoms with van der Waals surface area (Å²) in [5, 5.41) is 10.1. The molecule has 0 saturated carbocycles. The normalized spacial score (nSPS) is 17.6. The van der Waals surface area contributed by atoms with E-state index in [9.17, 15) is 14.4 Å². The Kier molecular flexibility index (Phi) is 7.10. The van der Waals surface area contributed by atoms with Gasteiger partial charge >= 0.3 is 0 Å². The molecule has 3 rings (SSSR count). The minimum atomic E-state index is -0.477. The van der Waals surface area contributed by atoms with Crippen LogP contribution in [0.5, 0.6) is 0 Å². The quantitative estimate of drug-likeness (QED) is 0.579. The molecule has 0 spiro atoms. The fraction of sp³-hybridized carbons (Fsp3) is 0.520. The zero-order valence-corrected chi connectivity index (χ0v) is 18.3. The van der Waals surface area contributed by atoms with Crippen LogP contribution < -0.4 is 0 Å².